The standard InChI is InChI=1S/C18H23ClN6/c1-11(2)10-25-17(19)16(12(3)23-25)15-5-4-8-24(15)14-6-7-20-18-13(14)9-21-22-18/h6-7,9,11,15H,4-5,8,10H2,1-3H3,(H,20,21,22). The summed E-state index contributed by atoms with van der Waals surface area (Å²) < 4.78 is 1.95. The Hall–Kier alpha value is -2.08. The molecule has 0 amide bonds. The molecule has 3 aromatic rings. The predicted molar refractivity (Wildman–Crippen MR) is 100 cm³/mol. The van der Waals surface area contributed by atoms with Crippen LogP contribution in [0, 0.1) is 12.8 Å². The molecule has 0 radical (unpaired) electrons. The van der Waals surface area contributed by atoms with Crippen molar-refractivity contribution in [3.63, 3.8) is 0 Å². The van der Waals surface area contributed by atoms with Crippen LogP contribution in [0.15, 0.2) is 18.5 Å². The molecule has 3 aromatic heterocycles. The topological polar surface area (TPSA) is 62.6 Å². The van der Waals surface area contributed by atoms with Gasteiger partial charge in [0.1, 0.15) is 5.15 Å². The highest BCUT2D eigenvalue weighted by Gasteiger charge is 2.32. The van der Waals surface area contributed by atoms with Crippen molar-refractivity contribution in [1.29, 1.82) is 0 Å². The van der Waals surface area contributed by atoms with Crippen LogP contribution in [0.1, 0.15) is 44.0 Å². The van der Waals surface area contributed by atoms with E-state index < -0.39 is 0 Å². The molecule has 1 N–H and O–H groups in total. The lowest BCUT2D eigenvalue weighted by Gasteiger charge is -2.27. The first-order valence-electron chi connectivity index (χ1n) is 8.83. The zero-order chi connectivity index (χ0) is 17.6. The largest absolute Gasteiger partial charge is 0.364 e. The number of fused-ring (bicyclic) bond motifs is 1. The Balaban J connectivity index is 1.76. The molecule has 4 rings (SSSR count). The number of anilines is 1. The predicted octanol–water partition coefficient (Wildman–Crippen LogP) is 4.11. The monoisotopic (exact) mass is 358 g/mol. The fourth-order valence-electron chi connectivity index (χ4n) is 3.86. The van der Waals surface area contributed by atoms with E-state index in [1.54, 1.807) is 0 Å². The van der Waals surface area contributed by atoms with Crippen molar-refractivity contribution >= 4 is 28.3 Å². The van der Waals surface area contributed by atoms with E-state index in [0.29, 0.717) is 5.92 Å². The minimum atomic E-state index is 0.244. The van der Waals surface area contributed by atoms with Gasteiger partial charge in [-0.25, -0.2) is 4.98 Å². The second kappa shape index (κ2) is 6.33. The number of aromatic nitrogens is 5. The number of hydrogen-bond donors (Lipinski definition) is 1. The molecule has 1 atom stereocenters. The van der Waals surface area contributed by atoms with E-state index in [2.05, 4.69) is 46.9 Å². The van der Waals surface area contributed by atoms with Crippen LogP contribution in [0.2, 0.25) is 5.15 Å². The third-order valence-corrected chi connectivity index (χ3v) is 5.27. The molecule has 1 aliphatic rings. The number of hydrogen-bond acceptors (Lipinski definition) is 4. The van der Waals surface area contributed by atoms with Gasteiger partial charge in [-0.3, -0.25) is 9.78 Å². The number of aryl methyl sites for hydroxylation is 1. The Kier molecular flexibility index (Phi) is 4.15. The maximum Gasteiger partial charge on any atom is 0.157 e. The number of nitrogens with zero attached hydrogens (tertiary/aromatic N) is 5. The SMILES string of the molecule is Cc1nn(CC(C)C)c(Cl)c1C1CCCN1c1ccnc2[nH]ncc12. The molecule has 1 saturated heterocycles. The molecule has 1 unspecified atom stereocenters. The van der Waals surface area contributed by atoms with Gasteiger partial charge in [-0.2, -0.15) is 10.2 Å². The first-order valence-corrected chi connectivity index (χ1v) is 9.21. The van der Waals surface area contributed by atoms with Gasteiger partial charge < -0.3 is 4.90 Å². The summed E-state index contributed by atoms with van der Waals surface area (Å²) in [5, 5.41) is 13.6. The number of nitrogens with one attached hydrogen (secondary N) is 1. The maximum atomic E-state index is 6.75. The average molecular weight is 359 g/mol. The summed E-state index contributed by atoms with van der Waals surface area (Å²) >= 11 is 6.75. The number of pyridine rings is 1. The van der Waals surface area contributed by atoms with E-state index in [-0.39, 0.29) is 6.04 Å². The summed E-state index contributed by atoms with van der Waals surface area (Å²) in [5.74, 6) is 0.509. The Bertz CT molecular complexity index is 896. The fraction of sp³-hybridized carbons (Fsp3) is 0.500. The van der Waals surface area contributed by atoms with Crippen LogP contribution < -0.4 is 4.90 Å². The van der Waals surface area contributed by atoms with Gasteiger partial charge in [0.05, 0.1) is 29.0 Å². The summed E-state index contributed by atoms with van der Waals surface area (Å²) in [4.78, 5) is 6.78. The number of aromatic amines is 1. The molecule has 0 aliphatic carbocycles. The summed E-state index contributed by atoms with van der Waals surface area (Å²) in [7, 11) is 0. The van der Waals surface area contributed by atoms with Gasteiger partial charge in [0.25, 0.3) is 0 Å². The zero-order valence-corrected chi connectivity index (χ0v) is 15.6. The first kappa shape index (κ1) is 16.4. The lowest BCUT2D eigenvalue weighted by Crippen LogP contribution is -2.23. The van der Waals surface area contributed by atoms with Crippen molar-refractivity contribution in [2.75, 3.05) is 11.4 Å². The van der Waals surface area contributed by atoms with E-state index in [0.717, 1.165) is 59.1 Å². The van der Waals surface area contributed by atoms with Gasteiger partial charge in [0, 0.05) is 24.8 Å². The van der Waals surface area contributed by atoms with Gasteiger partial charge in [0.2, 0.25) is 0 Å². The van der Waals surface area contributed by atoms with Crippen molar-refractivity contribution < 1.29 is 0 Å². The van der Waals surface area contributed by atoms with Crippen molar-refractivity contribution in [2.45, 2.75) is 46.2 Å². The summed E-state index contributed by atoms with van der Waals surface area (Å²) in [6, 6.07) is 2.31. The quantitative estimate of drug-likeness (QED) is 0.762. The zero-order valence-electron chi connectivity index (χ0n) is 14.8. The van der Waals surface area contributed by atoms with Crippen LogP contribution in [-0.2, 0) is 6.54 Å². The maximum absolute atomic E-state index is 6.75. The fourth-order valence-corrected chi connectivity index (χ4v) is 4.23. The molecule has 0 aromatic carbocycles. The lowest BCUT2D eigenvalue weighted by molar-refractivity contribution is 0.481. The molecule has 7 heteroatoms. The van der Waals surface area contributed by atoms with E-state index in [1.165, 1.54) is 0 Å². The Labute approximate surface area is 152 Å². The van der Waals surface area contributed by atoms with E-state index in [1.807, 2.05) is 17.1 Å². The molecule has 4 heterocycles. The molecule has 6 nitrogen and oxygen atoms in total. The molecule has 0 saturated carbocycles. The summed E-state index contributed by atoms with van der Waals surface area (Å²) in [5.41, 5.74) is 4.17. The van der Waals surface area contributed by atoms with Crippen molar-refractivity contribution in [3.8, 4) is 0 Å². The van der Waals surface area contributed by atoms with Crippen LogP contribution in [0.3, 0.4) is 0 Å². The van der Waals surface area contributed by atoms with Crippen LogP contribution in [0.4, 0.5) is 5.69 Å². The highest BCUT2D eigenvalue weighted by Crippen LogP contribution is 2.42. The van der Waals surface area contributed by atoms with Crippen LogP contribution in [0.25, 0.3) is 11.0 Å². The van der Waals surface area contributed by atoms with E-state index >= 15 is 0 Å². The molecule has 1 aliphatic heterocycles. The molecule has 25 heavy (non-hydrogen) atoms. The third-order valence-electron chi connectivity index (χ3n) is 4.87. The molecular weight excluding hydrogens is 336 g/mol. The highest BCUT2D eigenvalue weighted by molar-refractivity contribution is 6.30. The molecule has 0 spiro atoms. The smallest absolute Gasteiger partial charge is 0.157 e. The Morgan fingerprint density at radius 3 is 3.04 bits per heavy atom. The summed E-state index contributed by atoms with van der Waals surface area (Å²) in [6.45, 7) is 8.27. The van der Waals surface area contributed by atoms with E-state index in [4.69, 9.17) is 16.7 Å². The normalized spacial score (nSPS) is 18.0. The van der Waals surface area contributed by atoms with Crippen molar-refractivity contribution in [2.24, 2.45) is 5.92 Å². The second-order valence-electron chi connectivity index (χ2n) is 7.18. The minimum absolute atomic E-state index is 0.244. The Morgan fingerprint density at radius 2 is 2.24 bits per heavy atom. The summed E-state index contributed by atoms with van der Waals surface area (Å²) in [6.07, 6.45) is 5.90. The number of halogens is 1. The van der Waals surface area contributed by atoms with Crippen molar-refractivity contribution in [1.82, 2.24) is 25.0 Å². The van der Waals surface area contributed by atoms with E-state index in [9.17, 15) is 0 Å². The number of H-pyrrole nitrogens is 1. The van der Waals surface area contributed by atoms with Gasteiger partial charge >= 0.3 is 0 Å². The molecular formula is C18H23ClN6. The molecule has 0 bridgehead atoms. The first-order chi connectivity index (χ1) is 12.1. The average Bonchev–Trinajstić information content (AvgIpc) is 3.26. The molecule has 1 fully saturated rings. The minimum Gasteiger partial charge on any atom is -0.364 e. The lowest BCUT2D eigenvalue weighted by atomic mass is 10.0. The van der Waals surface area contributed by atoms with Crippen LogP contribution in [-0.4, -0.2) is 31.5 Å². The third kappa shape index (κ3) is 2.78. The van der Waals surface area contributed by atoms with Crippen LogP contribution >= 0.6 is 11.6 Å². The second-order valence-corrected chi connectivity index (χ2v) is 7.54. The van der Waals surface area contributed by atoms with Gasteiger partial charge in [0.15, 0.2) is 5.65 Å². The molecule has 132 valence electrons. The highest BCUT2D eigenvalue weighted by atomic mass is 35.5. The van der Waals surface area contributed by atoms with Crippen molar-refractivity contribution in [3.05, 3.63) is 34.9 Å². The van der Waals surface area contributed by atoms with Gasteiger partial charge in [-0.15, -0.1) is 0 Å². The number of rotatable bonds is 4. The van der Waals surface area contributed by atoms with Crippen LogP contribution in [0.5, 0.6) is 0 Å². The van der Waals surface area contributed by atoms with Gasteiger partial charge in [-0.05, 0) is 31.7 Å². The van der Waals surface area contributed by atoms with Gasteiger partial charge in [-0.1, -0.05) is 25.4 Å². The Morgan fingerprint density at radius 1 is 1.40 bits per heavy atom.